The molecule has 1 aromatic carbocycles. The van der Waals surface area contributed by atoms with Crippen molar-refractivity contribution in [2.75, 3.05) is 31.1 Å². The van der Waals surface area contributed by atoms with E-state index in [4.69, 9.17) is 0 Å². The van der Waals surface area contributed by atoms with Gasteiger partial charge in [-0.25, -0.2) is 4.79 Å². The molecule has 126 valence electrons. The van der Waals surface area contributed by atoms with Gasteiger partial charge in [-0.1, -0.05) is 25.1 Å². The third-order valence-corrected chi connectivity index (χ3v) is 4.90. The van der Waals surface area contributed by atoms with Crippen molar-refractivity contribution in [1.82, 2.24) is 10.2 Å². The summed E-state index contributed by atoms with van der Waals surface area (Å²) in [5, 5.41) is 3.27. The Morgan fingerprint density at radius 3 is 2.48 bits per heavy atom. The van der Waals surface area contributed by atoms with Crippen molar-refractivity contribution in [3.63, 3.8) is 0 Å². The van der Waals surface area contributed by atoms with Crippen LogP contribution in [0.3, 0.4) is 0 Å². The van der Waals surface area contributed by atoms with E-state index in [1.807, 2.05) is 4.90 Å². The summed E-state index contributed by atoms with van der Waals surface area (Å²) in [6.45, 7) is 6.01. The van der Waals surface area contributed by atoms with Crippen molar-refractivity contribution in [3.8, 4) is 0 Å². The first kappa shape index (κ1) is 16.2. The lowest BCUT2D eigenvalue weighted by molar-refractivity contribution is 0.189. The standard InChI is InChI=1S/C19H29N3O/c1-2-12-22(15-16-8-9-16)19(23)20-17-10-13-21(14-11-17)18-6-4-3-5-7-18/h3-7,16-17H,2,8-15H2,1H3,(H,20,23). The molecule has 3 rings (SSSR count). The molecule has 0 atom stereocenters. The second-order valence-corrected chi connectivity index (χ2v) is 6.94. The highest BCUT2D eigenvalue weighted by Gasteiger charge is 2.28. The second kappa shape index (κ2) is 7.71. The van der Waals surface area contributed by atoms with Crippen molar-refractivity contribution in [2.45, 2.75) is 45.1 Å². The number of nitrogens with zero attached hydrogens (tertiary/aromatic N) is 2. The third-order valence-electron chi connectivity index (χ3n) is 4.90. The van der Waals surface area contributed by atoms with Gasteiger partial charge >= 0.3 is 6.03 Å². The van der Waals surface area contributed by atoms with Crippen LogP contribution in [0.4, 0.5) is 10.5 Å². The van der Waals surface area contributed by atoms with Crippen molar-refractivity contribution in [2.24, 2.45) is 5.92 Å². The second-order valence-electron chi connectivity index (χ2n) is 6.94. The molecule has 2 fully saturated rings. The van der Waals surface area contributed by atoms with Gasteiger partial charge in [-0.05, 0) is 50.2 Å². The van der Waals surface area contributed by atoms with Gasteiger partial charge in [0.25, 0.3) is 0 Å². The Balaban J connectivity index is 1.46. The first-order valence-corrected chi connectivity index (χ1v) is 9.11. The molecule has 1 aromatic rings. The summed E-state index contributed by atoms with van der Waals surface area (Å²) in [6, 6.07) is 11.0. The molecule has 0 bridgehead atoms. The minimum Gasteiger partial charge on any atom is -0.371 e. The van der Waals surface area contributed by atoms with E-state index in [0.717, 1.165) is 51.4 Å². The Morgan fingerprint density at radius 1 is 1.17 bits per heavy atom. The van der Waals surface area contributed by atoms with E-state index < -0.39 is 0 Å². The SMILES string of the molecule is CCCN(CC1CC1)C(=O)NC1CCN(c2ccccc2)CC1. The highest BCUT2D eigenvalue weighted by atomic mass is 16.2. The van der Waals surface area contributed by atoms with Gasteiger partial charge in [0.2, 0.25) is 0 Å². The maximum Gasteiger partial charge on any atom is 0.317 e. The zero-order chi connectivity index (χ0) is 16.1. The molecule has 4 heteroatoms. The Bertz CT molecular complexity index is 493. The molecule has 1 saturated carbocycles. The van der Waals surface area contributed by atoms with E-state index in [1.165, 1.54) is 18.5 Å². The van der Waals surface area contributed by atoms with E-state index in [-0.39, 0.29) is 6.03 Å². The Kier molecular flexibility index (Phi) is 5.42. The number of para-hydroxylation sites is 1. The number of rotatable bonds is 6. The number of benzene rings is 1. The summed E-state index contributed by atoms with van der Waals surface area (Å²) in [7, 11) is 0. The number of carbonyl (C=O) groups is 1. The van der Waals surface area contributed by atoms with Crippen LogP contribution < -0.4 is 10.2 Å². The van der Waals surface area contributed by atoms with Gasteiger partial charge in [-0.15, -0.1) is 0 Å². The summed E-state index contributed by atoms with van der Waals surface area (Å²) >= 11 is 0. The fraction of sp³-hybridized carbons (Fsp3) is 0.632. The van der Waals surface area contributed by atoms with Gasteiger partial charge in [-0.2, -0.15) is 0 Å². The maximum absolute atomic E-state index is 12.5. The molecule has 1 aliphatic carbocycles. The Hall–Kier alpha value is -1.71. The fourth-order valence-electron chi connectivity index (χ4n) is 3.34. The Labute approximate surface area is 139 Å². The molecule has 0 unspecified atom stereocenters. The molecule has 0 radical (unpaired) electrons. The lowest BCUT2D eigenvalue weighted by Gasteiger charge is -2.35. The average molecular weight is 315 g/mol. The van der Waals surface area contributed by atoms with E-state index in [0.29, 0.717) is 6.04 Å². The zero-order valence-corrected chi connectivity index (χ0v) is 14.2. The molecule has 23 heavy (non-hydrogen) atoms. The molecule has 1 saturated heterocycles. The molecule has 4 nitrogen and oxygen atoms in total. The topological polar surface area (TPSA) is 35.6 Å². The van der Waals surface area contributed by atoms with E-state index in [1.54, 1.807) is 0 Å². The molecule has 2 aliphatic rings. The van der Waals surface area contributed by atoms with Crippen LogP contribution in [0.15, 0.2) is 30.3 Å². The molecule has 1 N–H and O–H groups in total. The fourth-order valence-corrected chi connectivity index (χ4v) is 3.34. The molecular weight excluding hydrogens is 286 g/mol. The van der Waals surface area contributed by atoms with Crippen LogP contribution in [0.5, 0.6) is 0 Å². The van der Waals surface area contributed by atoms with Crippen LogP contribution in [-0.4, -0.2) is 43.2 Å². The predicted molar refractivity (Wildman–Crippen MR) is 94.8 cm³/mol. The van der Waals surface area contributed by atoms with Crippen molar-refractivity contribution >= 4 is 11.7 Å². The van der Waals surface area contributed by atoms with Gasteiger partial charge < -0.3 is 15.1 Å². The number of piperidine rings is 1. The van der Waals surface area contributed by atoms with Gasteiger partial charge in [0, 0.05) is 37.9 Å². The number of hydrogen-bond acceptors (Lipinski definition) is 2. The van der Waals surface area contributed by atoms with Gasteiger partial charge in [0.05, 0.1) is 0 Å². The monoisotopic (exact) mass is 315 g/mol. The average Bonchev–Trinajstić information content (AvgIpc) is 3.40. The zero-order valence-electron chi connectivity index (χ0n) is 14.2. The van der Waals surface area contributed by atoms with Crippen LogP contribution in [-0.2, 0) is 0 Å². The summed E-state index contributed by atoms with van der Waals surface area (Å²) < 4.78 is 0. The van der Waals surface area contributed by atoms with Crippen LogP contribution in [0, 0.1) is 5.92 Å². The molecule has 1 aliphatic heterocycles. The third kappa shape index (κ3) is 4.63. The normalized spacial score (nSPS) is 18.7. The maximum atomic E-state index is 12.5. The van der Waals surface area contributed by atoms with E-state index >= 15 is 0 Å². The van der Waals surface area contributed by atoms with Gasteiger partial charge in [0.15, 0.2) is 0 Å². The first-order chi connectivity index (χ1) is 11.3. The highest BCUT2D eigenvalue weighted by Crippen LogP contribution is 2.29. The minimum atomic E-state index is 0.150. The number of amides is 2. The Morgan fingerprint density at radius 2 is 1.87 bits per heavy atom. The summed E-state index contributed by atoms with van der Waals surface area (Å²) in [6.07, 6.45) is 5.69. The first-order valence-electron chi connectivity index (χ1n) is 9.11. The number of anilines is 1. The smallest absolute Gasteiger partial charge is 0.317 e. The quantitative estimate of drug-likeness (QED) is 0.872. The molecule has 1 heterocycles. The van der Waals surface area contributed by atoms with E-state index in [2.05, 4.69) is 47.5 Å². The summed E-state index contributed by atoms with van der Waals surface area (Å²) in [5.74, 6) is 0.757. The van der Waals surface area contributed by atoms with E-state index in [9.17, 15) is 4.79 Å². The molecule has 0 aromatic heterocycles. The molecule has 0 spiro atoms. The lowest BCUT2D eigenvalue weighted by atomic mass is 10.0. The van der Waals surface area contributed by atoms with Crippen molar-refractivity contribution in [3.05, 3.63) is 30.3 Å². The van der Waals surface area contributed by atoms with Gasteiger partial charge in [0.1, 0.15) is 0 Å². The molecular formula is C19H29N3O. The minimum absolute atomic E-state index is 0.150. The van der Waals surface area contributed by atoms with Crippen LogP contribution >= 0.6 is 0 Å². The predicted octanol–water partition coefficient (Wildman–Crippen LogP) is 3.49. The summed E-state index contributed by atoms with van der Waals surface area (Å²) in [5.41, 5.74) is 1.29. The number of nitrogens with one attached hydrogen (secondary N) is 1. The highest BCUT2D eigenvalue weighted by molar-refractivity contribution is 5.74. The van der Waals surface area contributed by atoms with Crippen LogP contribution in [0.25, 0.3) is 0 Å². The van der Waals surface area contributed by atoms with Crippen LogP contribution in [0.1, 0.15) is 39.0 Å². The number of hydrogen-bond donors (Lipinski definition) is 1. The largest absolute Gasteiger partial charge is 0.371 e. The van der Waals surface area contributed by atoms with Crippen molar-refractivity contribution in [1.29, 1.82) is 0 Å². The number of carbonyl (C=O) groups excluding carboxylic acids is 1. The van der Waals surface area contributed by atoms with Crippen LogP contribution in [0.2, 0.25) is 0 Å². The molecule has 2 amide bonds. The van der Waals surface area contributed by atoms with Crippen molar-refractivity contribution < 1.29 is 4.79 Å². The number of urea groups is 1. The van der Waals surface area contributed by atoms with Gasteiger partial charge in [-0.3, -0.25) is 0 Å². The lowest BCUT2D eigenvalue weighted by Crippen LogP contribution is -2.50. The summed E-state index contributed by atoms with van der Waals surface area (Å²) in [4.78, 5) is 17.0.